The van der Waals surface area contributed by atoms with Crippen LogP contribution in [0.2, 0.25) is 0 Å². The third kappa shape index (κ3) is 5.94. The van der Waals surface area contributed by atoms with Crippen LogP contribution >= 0.6 is 24.0 Å². The van der Waals surface area contributed by atoms with E-state index in [2.05, 4.69) is 34.6 Å². The molecular formula is C10H20IN5. The number of aliphatic imine (C=N–C) groups is 1. The van der Waals surface area contributed by atoms with Crippen molar-refractivity contribution in [2.75, 3.05) is 13.6 Å². The molecular weight excluding hydrogens is 317 g/mol. The Bertz CT molecular complexity index is 294. The molecule has 16 heavy (non-hydrogen) atoms. The molecule has 0 saturated carbocycles. The minimum atomic E-state index is 0. The normalized spacial score (nSPS) is 11.1. The van der Waals surface area contributed by atoms with E-state index in [1.165, 1.54) is 0 Å². The lowest BCUT2D eigenvalue weighted by atomic mass is 10.4. The van der Waals surface area contributed by atoms with Gasteiger partial charge in [0.1, 0.15) is 0 Å². The highest BCUT2D eigenvalue weighted by atomic mass is 127. The first-order valence-electron chi connectivity index (χ1n) is 5.17. The van der Waals surface area contributed by atoms with Crippen LogP contribution < -0.4 is 10.6 Å². The van der Waals surface area contributed by atoms with Gasteiger partial charge in [-0.25, -0.2) is 0 Å². The minimum absolute atomic E-state index is 0. The molecule has 2 N–H and O–H groups in total. The number of halogens is 1. The van der Waals surface area contributed by atoms with Crippen LogP contribution in [0.1, 0.15) is 13.8 Å². The Labute approximate surface area is 114 Å². The third-order valence-corrected chi connectivity index (χ3v) is 1.84. The van der Waals surface area contributed by atoms with Gasteiger partial charge < -0.3 is 10.6 Å². The first kappa shape index (κ1) is 15.2. The highest BCUT2D eigenvalue weighted by Crippen LogP contribution is 1.83. The number of rotatable bonds is 4. The summed E-state index contributed by atoms with van der Waals surface area (Å²) in [6, 6.07) is 2.31. The van der Waals surface area contributed by atoms with Crippen molar-refractivity contribution in [3.05, 3.63) is 18.5 Å². The van der Waals surface area contributed by atoms with Gasteiger partial charge in [-0.2, -0.15) is 5.10 Å². The molecule has 0 aromatic carbocycles. The van der Waals surface area contributed by atoms with Crippen LogP contribution in [0.15, 0.2) is 23.5 Å². The molecule has 0 aliphatic rings. The Morgan fingerprint density at radius 2 is 2.25 bits per heavy atom. The summed E-state index contributed by atoms with van der Waals surface area (Å²) >= 11 is 0. The largest absolute Gasteiger partial charge is 0.355 e. The molecule has 0 aliphatic heterocycles. The fraction of sp³-hybridized carbons (Fsp3) is 0.600. The molecule has 1 aromatic heterocycles. The summed E-state index contributed by atoms with van der Waals surface area (Å²) in [6.07, 6.45) is 3.72. The second kappa shape index (κ2) is 8.37. The molecule has 1 heterocycles. The van der Waals surface area contributed by atoms with E-state index >= 15 is 0 Å². The van der Waals surface area contributed by atoms with Crippen molar-refractivity contribution in [3.8, 4) is 0 Å². The highest BCUT2D eigenvalue weighted by Gasteiger charge is 1.98. The van der Waals surface area contributed by atoms with Gasteiger partial charge in [0.05, 0.1) is 6.54 Å². The molecule has 0 bridgehead atoms. The van der Waals surface area contributed by atoms with Gasteiger partial charge in [0, 0.05) is 32.0 Å². The van der Waals surface area contributed by atoms with Gasteiger partial charge in [-0.05, 0) is 19.9 Å². The van der Waals surface area contributed by atoms with Gasteiger partial charge in [-0.1, -0.05) is 0 Å². The van der Waals surface area contributed by atoms with Gasteiger partial charge in [-0.3, -0.25) is 9.67 Å². The van der Waals surface area contributed by atoms with Crippen molar-refractivity contribution in [2.45, 2.75) is 26.4 Å². The molecule has 5 nitrogen and oxygen atoms in total. The van der Waals surface area contributed by atoms with Crippen molar-refractivity contribution >= 4 is 29.9 Å². The Kier molecular flexibility index (Phi) is 7.96. The van der Waals surface area contributed by atoms with Crippen molar-refractivity contribution < 1.29 is 0 Å². The van der Waals surface area contributed by atoms with Gasteiger partial charge >= 0.3 is 0 Å². The Balaban J connectivity index is 0.00000225. The van der Waals surface area contributed by atoms with E-state index in [9.17, 15) is 0 Å². The van der Waals surface area contributed by atoms with E-state index < -0.39 is 0 Å². The highest BCUT2D eigenvalue weighted by molar-refractivity contribution is 14.0. The Hall–Kier alpha value is -0.790. The summed E-state index contributed by atoms with van der Waals surface area (Å²) in [5, 5.41) is 10.6. The molecule has 92 valence electrons. The lowest BCUT2D eigenvalue weighted by Crippen LogP contribution is -2.42. The van der Waals surface area contributed by atoms with Crippen molar-refractivity contribution in [1.82, 2.24) is 20.4 Å². The van der Waals surface area contributed by atoms with E-state index in [4.69, 9.17) is 0 Å². The van der Waals surface area contributed by atoms with Gasteiger partial charge in [0.2, 0.25) is 0 Å². The lowest BCUT2D eigenvalue weighted by molar-refractivity contribution is 0.593. The summed E-state index contributed by atoms with van der Waals surface area (Å²) < 4.78 is 1.88. The molecule has 1 rings (SSSR count). The van der Waals surface area contributed by atoms with Crippen LogP contribution in [0.4, 0.5) is 0 Å². The standard InChI is InChI=1S/C10H19N5.HI/c1-9(2)14-10(11-3)12-6-8-15-7-4-5-13-15;/h4-5,7,9H,6,8H2,1-3H3,(H2,11,12,14);1H. The van der Waals surface area contributed by atoms with Crippen LogP contribution in [0.25, 0.3) is 0 Å². The molecule has 0 unspecified atom stereocenters. The molecule has 0 atom stereocenters. The first-order valence-corrected chi connectivity index (χ1v) is 5.17. The fourth-order valence-corrected chi connectivity index (χ4v) is 1.19. The molecule has 6 heteroatoms. The predicted octanol–water partition coefficient (Wildman–Crippen LogP) is 1.07. The summed E-state index contributed by atoms with van der Waals surface area (Å²) in [4.78, 5) is 4.11. The molecule has 0 aliphatic carbocycles. The smallest absolute Gasteiger partial charge is 0.191 e. The van der Waals surface area contributed by atoms with Crippen LogP contribution in [0.5, 0.6) is 0 Å². The maximum atomic E-state index is 4.12. The Morgan fingerprint density at radius 3 is 2.75 bits per heavy atom. The number of aromatic nitrogens is 2. The second-order valence-electron chi connectivity index (χ2n) is 3.57. The quantitative estimate of drug-likeness (QED) is 0.491. The first-order chi connectivity index (χ1) is 7.22. The molecule has 0 saturated heterocycles. The van der Waals surface area contributed by atoms with E-state index in [1.807, 2.05) is 16.9 Å². The predicted molar refractivity (Wildman–Crippen MR) is 77.3 cm³/mol. The van der Waals surface area contributed by atoms with E-state index in [0.717, 1.165) is 19.0 Å². The molecule has 0 fully saturated rings. The monoisotopic (exact) mass is 337 g/mol. The maximum absolute atomic E-state index is 4.12. The Morgan fingerprint density at radius 1 is 1.50 bits per heavy atom. The SMILES string of the molecule is CN=C(NCCn1cccn1)NC(C)C.I. The number of nitrogens with one attached hydrogen (secondary N) is 2. The van der Waals surface area contributed by atoms with Crippen molar-refractivity contribution in [2.24, 2.45) is 4.99 Å². The average Bonchev–Trinajstić information content (AvgIpc) is 2.68. The van der Waals surface area contributed by atoms with E-state index in [1.54, 1.807) is 13.2 Å². The number of guanidine groups is 1. The van der Waals surface area contributed by atoms with E-state index in [-0.39, 0.29) is 24.0 Å². The maximum Gasteiger partial charge on any atom is 0.191 e. The topological polar surface area (TPSA) is 54.2 Å². The van der Waals surface area contributed by atoms with Crippen LogP contribution in [0, 0.1) is 0 Å². The van der Waals surface area contributed by atoms with Gasteiger partial charge in [0.25, 0.3) is 0 Å². The van der Waals surface area contributed by atoms with E-state index in [0.29, 0.717) is 6.04 Å². The van der Waals surface area contributed by atoms with Crippen LogP contribution in [0.3, 0.4) is 0 Å². The number of hydrogen-bond acceptors (Lipinski definition) is 2. The lowest BCUT2D eigenvalue weighted by Gasteiger charge is -2.14. The van der Waals surface area contributed by atoms with Crippen molar-refractivity contribution in [1.29, 1.82) is 0 Å². The number of hydrogen-bond donors (Lipinski definition) is 2. The zero-order chi connectivity index (χ0) is 11.1. The zero-order valence-corrected chi connectivity index (χ0v) is 12.3. The van der Waals surface area contributed by atoms with Crippen molar-refractivity contribution in [3.63, 3.8) is 0 Å². The fourth-order valence-electron chi connectivity index (χ4n) is 1.19. The molecule has 0 spiro atoms. The van der Waals surface area contributed by atoms with Gasteiger partial charge in [0.15, 0.2) is 5.96 Å². The molecule has 0 amide bonds. The average molecular weight is 337 g/mol. The summed E-state index contributed by atoms with van der Waals surface area (Å²) in [7, 11) is 1.77. The zero-order valence-electron chi connectivity index (χ0n) is 9.97. The summed E-state index contributed by atoms with van der Waals surface area (Å²) in [5.41, 5.74) is 0. The van der Waals surface area contributed by atoms with Crippen LogP contribution in [-0.4, -0.2) is 35.4 Å². The number of nitrogens with zero attached hydrogens (tertiary/aromatic N) is 3. The van der Waals surface area contributed by atoms with Crippen LogP contribution in [-0.2, 0) is 6.54 Å². The third-order valence-electron chi connectivity index (χ3n) is 1.84. The molecule has 1 aromatic rings. The molecule has 0 radical (unpaired) electrons. The summed E-state index contributed by atoms with van der Waals surface area (Å²) in [6.45, 7) is 5.82. The minimum Gasteiger partial charge on any atom is -0.355 e. The summed E-state index contributed by atoms with van der Waals surface area (Å²) in [5.74, 6) is 0.831. The van der Waals surface area contributed by atoms with Gasteiger partial charge in [-0.15, -0.1) is 24.0 Å². The second-order valence-corrected chi connectivity index (χ2v) is 3.57.